The molecule has 2 heterocycles. The second kappa shape index (κ2) is 10.4. The lowest BCUT2D eigenvalue weighted by Crippen LogP contribution is -2.49. The van der Waals surface area contributed by atoms with Crippen molar-refractivity contribution in [3.63, 3.8) is 0 Å². The highest BCUT2D eigenvalue weighted by Crippen LogP contribution is 2.27. The van der Waals surface area contributed by atoms with Crippen LogP contribution in [-0.4, -0.2) is 54.0 Å². The maximum absolute atomic E-state index is 12.7. The van der Waals surface area contributed by atoms with Gasteiger partial charge in [-0.25, -0.2) is 0 Å². The number of rotatable bonds is 7. The molecular formula is C25H31ClN2O2. The van der Waals surface area contributed by atoms with Crippen LogP contribution in [0.25, 0.3) is 0 Å². The maximum Gasteiger partial charge on any atom is 0.227 e. The van der Waals surface area contributed by atoms with Gasteiger partial charge in [-0.05, 0) is 49.4 Å². The van der Waals surface area contributed by atoms with Crippen LogP contribution in [0.3, 0.4) is 0 Å². The Balaban J connectivity index is 1.23. The van der Waals surface area contributed by atoms with E-state index >= 15 is 0 Å². The van der Waals surface area contributed by atoms with Crippen LogP contribution in [0, 0.1) is 0 Å². The number of carbonyl (C=O) groups is 1. The molecule has 160 valence electrons. The summed E-state index contributed by atoms with van der Waals surface area (Å²) in [6.07, 6.45) is 4.93. The molecule has 4 rings (SSSR count). The van der Waals surface area contributed by atoms with Crippen molar-refractivity contribution in [2.75, 3.05) is 26.2 Å². The van der Waals surface area contributed by atoms with Gasteiger partial charge in [-0.2, -0.15) is 0 Å². The quantitative estimate of drug-likeness (QED) is 0.650. The molecule has 0 bridgehead atoms. The number of halogens is 1. The van der Waals surface area contributed by atoms with E-state index in [0.29, 0.717) is 30.1 Å². The van der Waals surface area contributed by atoms with Crippen molar-refractivity contribution in [1.29, 1.82) is 0 Å². The van der Waals surface area contributed by atoms with Crippen molar-refractivity contribution >= 4 is 17.5 Å². The fraction of sp³-hybridized carbons (Fsp3) is 0.480. The summed E-state index contributed by atoms with van der Waals surface area (Å²) in [5, 5.41) is 0.677. The van der Waals surface area contributed by atoms with Crippen LogP contribution in [0.15, 0.2) is 54.6 Å². The van der Waals surface area contributed by atoms with Gasteiger partial charge >= 0.3 is 0 Å². The van der Waals surface area contributed by atoms with Gasteiger partial charge in [0.25, 0.3) is 0 Å². The highest BCUT2D eigenvalue weighted by atomic mass is 35.5. The number of hydrogen-bond acceptors (Lipinski definition) is 3. The summed E-state index contributed by atoms with van der Waals surface area (Å²) < 4.78 is 6.04. The Morgan fingerprint density at radius 1 is 0.967 bits per heavy atom. The van der Waals surface area contributed by atoms with Gasteiger partial charge in [0.15, 0.2) is 0 Å². The lowest BCUT2D eigenvalue weighted by atomic mass is 10.0. The van der Waals surface area contributed by atoms with Crippen molar-refractivity contribution in [1.82, 2.24) is 9.80 Å². The van der Waals surface area contributed by atoms with Gasteiger partial charge in [0.1, 0.15) is 0 Å². The third-order valence-electron chi connectivity index (χ3n) is 6.43. The molecular weight excluding hydrogens is 396 g/mol. The first-order chi connectivity index (χ1) is 14.7. The highest BCUT2D eigenvalue weighted by molar-refractivity contribution is 6.31. The molecule has 1 atom stereocenters. The zero-order chi connectivity index (χ0) is 20.8. The van der Waals surface area contributed by atoms with Crippen molar-refractivity contribution in [3.8, 4) is 0 Å². The first kappa shape index (κ1) is 21.4. The molecule has 0 radical (unpaired) electrons. The Kier molecular flexibility index (Phi) is 7.42. The molecule has 0 aliphatic carbocycles. The Bertz CT molecular complexity index is 821. The average Bonchev–Trinajstić information content (AvgIpc) is 3.25. The third kappa shape index (κ3) is 5.42. The van der Waals surface area contributed by atoms with E-state index in [1.165, 1.54) is 18.4 Å². The van der Waals surface area contributed by atoms with E-state index in [1.54, 1.807) is 0 Å². The number of hydrogen-bond donors (Lipinski definition) is 0. The molecule has 2 aliphatic heterocycles. The number of amides is 1. The predicted octanol–water partition coefficient (Wildman–Crippen LogP) is 4.55. The van der Waals surface area contributed by atoms with Crippen LogP contribution >= 0.6 is 11.6 Å². The molecule has 0 aromatic heterocycles. The van der Waals surface area contributed by atoms with E-state index in [0.717, 1.165) is 44.6 Å². The summed E-state index contributed by atoms with van der Waals surface area (Å²) in [5.41, 5.74) is 2.15. The Morgan fingerprint density at radius 2 is 1.70 bits per heavy atom. The molecule has 2 fully saturated rings. The van der Waals surface area contributed by atoms with E-state index in [-0.39, 0.29) is 5.91 Å². The maximum atomic E-state index is 12.7. The highest BCUT2D eigenvalue weighted by Gasteiger charge is 2.33. The number of likely N-dealkylation sites (tertiary alicyclic amines) is 2. The minimum absolute atomic E-state index is 0.186. The van der Waals surface area contributed by atoms with Crippen LogP contribution in [0.5, 0.6) is 0 Å². The van der Waals surface area contributed by atoms with E-state index in [9.17, 15) is 4.79 Å². The summed E-state index contributed by atoms with van der Waals surface area (Å²) in [7, 11) is 0. The molecule has 2 aromatic rings. The standard InChI is InChI=1S/C25H31ClN2O2/c26-24-11-5-4-9-21(24)17-25(29)27-15-12-22(13-16-27)28-14-6-10-23(28)19-30-18-20-7-2-1-3-8-20/h1-5,7-9,11,22-23H,6,10,12-19H2/t23-/m0/s1. The first-order valence-electron chi connectivity index (χ1n) is 11.1. The van der Waals surface area contributed by atoms with Gasteiger partial charge in [-0.15, -0.1) is 0 Å². The Morgan fingerprint density at radius 3 is 2.47 bits per heavy atom. The van der Waals surface area contributed by atoms with Gasteiger partial charge in [0.05, 0.1) is 19.6 Å². The SMILES string of the molecule is O=C(Cc1ccccc1Cl)N1CCC(N2CCC[C@H]2COCc2ccccc2)CC1. The van der Waals surface area contributed by atoms with Gasteiger partial charge in [0, 0.05) is 30.2 Å². The normalized spacial score (nSPS) is 20.6. The minimum atomic E-state index is 0.186. The second-order valence-electron chi connectivity index (χ2n) is 8.41. The summed E-state index contributed by atoms with van der Waals surface area (Å²) in [4.78, 5) is 17.4. The molecule has 2 aromatic carbocycles. The summed E-state index contributed by atoms with van der Waals surface area (Å²) in [6.45, 7) is 4.29. The largest absolute Gasteiger partial charge is 0.375 e. The predicted molar refractivity (Wildman–Crippen MR) is 121 cm³/mol. The Hall–Kier alpha value is -1.88. The van der Waals surface area contributed by atoms with Gasteiger partial charge in [0.2, 0.25) is 5.91 Å². The molecule has 0 unspecified atom stereocenters. The number of carbonyl (C=O) groups excluding carboxylic acids is 1. The van der Waals surface area contributed by atoms with E-state index in [2.05, 4.69) is 29.2 Å². The number of nitrogens with zero attached hydrogens (tertiary/aromatic N) is 2. The van der Waals surface area contributed by atoms with Crippen LogP contribution in [0.4, 0.5) is 0 Å². The fourth-order valence-corrected chi connectivity index (χ4v) is 4.97. The lowest BCUT2D eigenvalue weighted by molar-refractivity contribution is -0.132. The number of piperidine rings is 1. The minimum Gasteiger partial charge on any atom is -0.375 e. The van der Waals surface area contributed by atoms with E-state index < -0.39 is 0 Å². The molecule has 0 N–H and O–H groups in total. The van der Waals surface area contributed by atoms with E-state index in [4.69, 9.17) is 16.3 Å². The van der Waals surface area contributed by atoms with Crippen LogP contribution in [0.2, 0.25) is 5.02 Å². The topological polar surface area (TPSA) is 32.8 Å². The summed E-state index contributed by atoms with van der Waals surface area (Å²) in [6, 6.07) is 19.1. The molecule has 2 saturated heterocycles. The molecule has 0 saturated carbocycles. The van der Waals surface area contributed by atoms with E-state index in [1.807, 2.05) is 35.2 Å². The van der Waals surface area contributed by atoms with Crippen molar-refractivity contribution < 1.29 is 9.53 Å². The van der Waals surface area contributed by atoms with Gasteiger partial charge in [-0.1, -0.05) is 60.1 Å². The van der Waals surface area contributed by atoms with Gasteiger partial charge in [-0.3, -0.25) is 9.69 Å². The van der Waals surface area contributed by atoms with Crippen LogP contribution in [0.1, 0.15) is 36.8 Å². The number of ether oxygens (including phenoxy) is 1. The van der Waals surface area contributed by atoms with Crippen molar-refractivity contribution in [2.24, 2.45) is 0 Å². The second-order valence-corrected chi connectivity index (χ2v) is 8.82. The summed E-state index contributed by atoms with van der Waals surface area (Å²) in [5.74, 6) is 0.186. The molecule has 30 heavy (non-hydrogen) atoms. The fourth-order valence-electron chi connectivity index (χ4n) is 4.77. The average molecular weight is 427 g/mol. The van der Waals surface area contributed by atoms with Crippen LogP contribution < -0.4 is 0 Å². The summed E-state index contributed by atoms with van der Waals surface area (Å²) >= 11 is 6.22. The lowest BCUT2D eigenvalue weighted by Gasteiger charge is -2.39. The zero-order valence-electron chi connectivity index (χ0n) is 17.5. The number of benzene rings is 2. The first-order valence-corrected chi connectivity index (χ1v) is 11.5. The smallest absolute Gasteiger partial charge is 0.227 e. The molecule has 4 nitrogen and oxygen atoms in total. The monoisotopic (exact) mass is 426 g/mol. The Labute approximate surface area is 184 Å². The molecule has 1 amide bonds. The third-order valence-corrected chi connectivity index (χ3v) is 6.80. The molecule has 2 aliphatic rings. The van der Waals surface area contributed by atoms with Crippen molar-refractivity contribution in [2.45, 2.75) is 50.8 Å². The zero-order valence-corrected chi connectivity index (χ0v) is 18.3. The molecule has 0 spiro atoms. The van der Waals surface area contributed by atoms with Gasteiger partial charge < -0.3 is 9.64 Å². The van der Waals surface area contributed by atoms with Crippen molar-refractivity contribution in [3.05, 3.63) is 70.7 Å². The van der Waals surface area contributed by atoms with Crippen LogP contribution in [-0.2, 0) is 22.6 Å². The molecule has 5 heteroatoms.